The Morgan fingerprint density at radius 1 is 1.27 bits per heavy atom. The van der Waals surface area contributed by atoms with E-state index in [4.69, 9.17) is 4.98 Å². The monoisotopic (exact) mass is 353 g/mol. The highest BCUT2D eigenvalue weighted by Gasteiger charge is 2.25. The molecule has 134 valence electrons. The van der Waals surface area contributed by atoms with Gasteiger partial charge in [-0.05, 0) is 31.4 Å². The van der Waals surface area contributed by atoms with Crippen LogP contribution in [0.25, 0.3) is 16.9 Å². The molecule has 0 saturated heterocycles. The number of hydrogen-bond donors (Lipinski definition) is 1. The SMILES string of the molecule is CCc1nc(C2CCCC2)n2nc(-c3ccc([N+](=O)[O-])cc3)[nH]c(=O)c12. The lowest BCUT2D eigenvalue weighted by Gasteiger charge is -2.08. The van der Waals surface area contributed by atoms with Gasteiger partial charge in [0.25, 0.3) is 11.2 Å². The highest BCUT2D eigenvalue weighted by molar-refractivity contribution is 5.59. The van der Waals surface area contributed by atoms with Crippen LogP contribution in [0.3, 0.4) is 0 Å². The van der Waals surface area contributed by atoms with Crippen LogP contribution in [-0.4, -0.2) is 24.5 Å². The van der Waals surface area contributed by atoms with Crippen LogP contribution in [0.2, 0.25) is 0 Å². The molecule has 1 aliphatic carbocycles. The molecule has 2 aromatic heterocycles. The molecule has 2 heterocycles. The molecule has 0 atom stereocenters. The Hall–Kier alpha value is -3.03. The number of nitrogens with zero attached hydrogens (tertiary/aromatic N) is 4. The van der Waals surface area contributed by atoms with E-state index in [-0.39, 0.29) is 11.2 Å². The number of benzene rings is 1. The predicted molar refractivity (Wildman–Crippen MR) is 96.3 cm³/mol. The lowest BCUT2D eigenvalue weighted by atomic mass is 10.1. The van der Waals surface area contributed by atoms with E-state index in [0.717, 1.165) is 24.4 Å². The van der Waals surface area contributed by atoms with Crippen LogP contribution in [0.15, 0.2) is 29.1 Å². The molecule has 0 radical (unpaired) electrons. The summed E-state index contributed by atoms with van der Waals surface area (Å²) in [5.41, 5.74) is 1.65. The van der Waals surface area contributed by atoms with Crippen LogP contribution < -0.4 is 5.56 Å². The molecule has 0 spiro atoms. The second kappa shape index (κ2) is 6.36. The summed E-state index contributed by atoms with van der Waals surface area (Å²) in [5, 5.41) is 15.4. The molecule has 4 rings (SSSR count). The zero-order valence-corrected chi connectivity index (χ0v) is 14.4. The molecule has 8 nitrogen and oxygen atoms in total. The lowest BCUT2D eigenvalue weighted by Crippen LogP contribution is -2.16. The zero-order valence-electron chi connectivity index (χ0n) is 14.4. The summed E-state index contributed by atoms with van der Waals surface area (Å²) in [7, 11) is 0. The fourth-order valence-electron chi connectivity index (χ4n) is 3.66. The van der Waals surface area contributed by atoms with Crippen molar-refractivity contribution < 1.29 is 4.92 Å². The van der Waals surface area contributed by atoms with Gasteiger partial charge >= 0.3 is 0 Å². The van der Waals surface area contributed by atoms with E-state index < -0.39 is 4.92 Å². The van der Waals surface area contributed by atoms with Crippen molar-refractivity contribution in [2.75, 3.05) is 0 Å². The van der Waals surface area contributed by atoms with Crippen LogP contribution in [0.5, 0.6) is 0 Å². The molecule has 0 unspecified atom stereocenters. The first-order valence-electron chi connectivity index (χ1n) is 8.85. The van der Waals surface area contributed by atoms with Gasteiger partial charge in [-0.2, -0.15) is 0 Å². The predicted octanol–water partition coefficient (Wildman–Crippen LogP) is 3.21. The minimum atomic E-state index is -0.454. The van der Waals surface area contributed by atoms with Crippen molar-refractivity contribution >= 4 is 11.2 Å². The third-order valence-corrected chi connectivity index (χ3v) is 5.01. The average Bonchev–Trinajstić information content (AvgIpc) is 3.29. The molecule has 1 N–H and O–H groups in total. The van der Waals surface area contributed by atoms with Gasteiger partial charge in [-0.3, -0.25) is 14.9 Å². The van der Waals surface area contributed by atoms with Crippen molar-refractivity contribution in [3.05, 3.63) is 56.3 Å². The van der Waals surface area contributed by atoms with Gasteiger partial charge in [-0.25, -0.2) is 9.50 Å². The van der Waals surface area contributed by atoms with Crippen molar-refractivity contribution in [2.45, 2.75) is 44.9 Å². The first-order valence-corrected chi connectivity index (χ1v) is 8.85. The van der Waals surface area contributed by atoms with Crippen LogP contribution >= 0.6 is 0 Å². The quantitative estimate of drug-likeness (QED) is 0.572. The Kier molecular flexibility index (Phi) is 4.02. The highest BCUT2D eigenvalue weighted by Crippen LogP contribution is 2.34. The van der Waals surface area contributed by atoms with E-state index in [0.29, 0.717) is 29.2 Å². The van der Waals surface area contributed by atoms with Gasteiger partial charge in [0.1, 0.15) is 5.82 Å². The van der Waals surface area contributed by atoms with Crippen LogP contribution in [0.1, 0.15) is 50.0 Å². The molecule has 1 fully saturated rings. The smallest absolute Gasteiger partial charge is 0.277 e. The van der Waals surface area contributed by atoms with E-state index >= 15 is 0 Å². The largest absolute Gasteiger partial charge is 0.303 e. The molecule has 1 aromatic carbocycles. The van der Waals surface area contributed by atoms with Crippen molar-refractivity contribution in [1.82, 2.24) is 19.6 Å². The van der Waals surface area contributed by atoms with Crippen molar-refractivity contribution in [2.24, 2.45) is 0 Å². The molecule has 8 heteroatoms. The van der Waals surface area contributed by atoms with Gasteiger partial charge in [0, 0.05) is 23.6 Å². The number of H-pyrrole nitrogens is 1. The number of nitro benzene ring substituents is 1. The first kappa shape index (κ1) is 16.4. The Bertz CT molecular complexity index is 1030. The Labute approximate surface area is 149 Å². The topological polar surface area (TPSA) is 106 Å². The summed E-state index contributed by atoms with van der Waals surface area (Å²) in [4.78, 5) is 30.6. The fourth-order valence-corrected chi connectivity index (χ4v) is 3.66. The summed E-state index contributed by atoms with van der Waals surface area (Å²) in [5.74, 6) is 1.56. The first-order chi connectivity index (χ1) is 12.6. The van der Waals surface area contributed by atoms with E-state index in [1.54, 1.807) is 16.6 Å². The maximum atomic E-state index is 12.7. The average molecular weight is 353 g/mol. The van der Waals surface area contributed by atoms with E-state index in [1.807, 2.05) is 6.92 Å². The van der Waals surface area contributed by atoms with Crippen molar-refractivity contribution in [3.8, 4) is 11.4 Å². The van der Waals surface area contributed by atoms with Crippen LogP contribution in [0.4, 0.5) is 5.69 Å². The number of imidazole rings is 1. The fraction of sp³-hybridized carbons (Fsp3) is 0.389. The summed E-state index contributed by atoms with van der Waals surface area (Å²) in [6.07, 6.45) is 5.12. The van der Waals surface area contributed by atoms with Gasteiger partial charge in [-0.15, -0.1) is 5.10 Å². The molecule has 0 amide bonds. The third kappa shape index (κ3) is 2.67. The van der Waals surface area contributed by atoms with E-state index in [9.17, 15) is 14.9 Å². The number of nitrogens with one attached hydrogen (secondary N) is 1. The van der Waals surface area contributed by atoms with Gasteiger partial charge in [0.05, 0.1) is 10.6 Å². The van der Waals surface area contributed by atoms with E-state index in [2.05, 4.69) is 10.1 Å². The second-order valence-electron chi connectivity index (χ2n) is 6.62. The number of aromatic amines is 1. The maximum absolute atomic E-state index is 12.7. The molecule has 0 aliphatic heterocycles. The summed E-state index contributed by atoms with van der Waals surface area (Å²) in [6, 6.07) is 6.00. The molecule has 3 aromatic rings. The molecular weight excluding hydrogens is 334 g/mol. The maximum Gasteiger partial charge on any atom is 0.277 e. The molecular formula is C18H19N5O3. The van der Waals surface area contributed by atoms with Crippen molar-refractivity contribution in [3.63, 3.8) is 0 Å². The van der Waals surface area contributed by atoms with Gasteiger partial charge < -0.3 is 4.98 Å². The molecule has 1 aliphatic rings. The lowest BCUT2D eigenvalue weighted by molar-refractivity contribution is -0.384. The van der Waals surface area contributed by atoms with Gasteiger partial charge in [-0.1, -0.05) is 19.8 Å². The minimum absolute atomic E-state index is 0.000260. The molecule has 0 bridgehead atoms. The number of hydrogen-bond acceptors (Lipinski definition) is 5. The van der Waals surface area contributed by atoms with Crippen LogP contribution in [-0.2, 0) is 6.42 Å². The van der Waals surface area contributed by atoms with E-state index in [1.165, 1.54) is 25.0 Å². The molecule has 1 saturated carbocycles. The Balaban J connectivity index is 1.88. The number of rotatable bonds is 4. The highest BCUT2D eigenvalue weighted by atomic mass is 16.6. The Morgan fingerprint density at radius 2 is 1.96 bits per heavy atom. The number of aromatic nitrogens is 4. The van der Waals surface area contributed by atoms with Gasteiger partial charge in [0.2, 0.25) is 0 Å². The number of nitro groups is 1. The third-order valence-electron chi connectivity index (χ3n) is 5.01. The van der Waals surface area contributed by atoms with Gasteiger partial charge in [0.15, 0.2) is 11.3 Å². The van der Waals surface area contributed by atoms with Crippen molar-refractivity contribution in [1.29, 1.82) is 0 Å². The summed E-state index contributed by atoms with van der Waals surface area (Å²) >= 11 is 0. The minimum Gasteiger partial charge on any atom is -0.303 e. The zero-order chi connectivity index (χ0) is 18.3. The standard InChI is InChI=1S/C18H19N5O3/c1-2-14-15-18(24)20-16(11-7-9-13(10-8-11)23(25)26)21-22(15)17(19-14)12-5-3-4-6-12/h7-10,12H,2-6H2,1H3,(H,20,21,24). The summed E-state index contributed by atoms with van der Waals surface area (Å²) < 4.78 is 1.68. The normalized spacial score (nSPS) is 15.0. The number of fused-ring (bicyclic) bond motifs is 1. The second-order valence-corrected chi connectivity index (χ2v) is 6.62. The Morgan fingerprint density at radius 3 is 2.58 bits per heavy atom. The number of non-ortho nitro benzene ring substituents is 1. The van der Waals surface area contributed by atoms with Crippen LogP contribution in [0, 0.1) is 10.1 Å². The number of aryl methyl sites for hydroxylation is 1. The molecule has 26 heavy (non-hydrogen) atoms. The summed E-state index contributed by atoms with van der Waals surface area (Å²) in [6.45, 7) is 1.98.